The second-order valence-corrected chi connectivity index (χ2v) is 4.44. The van der Waals surface area contributed by atoms with Gasteiger partial charge in [0.2, 0.25) is 0 Å². The Morgan fingerprint density at radius 3 is 3.17 bits per heavy atom. The number of morpholine rings is 1. The van der Waals surface area contributed by atoms with Crippen LogP contribution in [0.25, 0.3) is 11.1 Å². The third kappa shape index (κ3) is 2.07. The van der Waals surface area contributed by atoms with Gasteiger partial charge in [0.05, 0.1) is 19.3 Å². The van der Waals surface area contributed by atoms with Crippen LogP contribution in [-0.2, 0) is 4.74 Å². The van der Waals surface area contributed by atoms with E-state index in [1.807, 2.05) is 31.3 Å². The van der Waals surface area contributed by atoms with E-state index < -0.39 is 0 Å². The fourth-order valence-corrected chi connectivity index (χ4v) is 2.29. The zero-order valence-corrected chi connectivity index (χ0v) is 10.4. The Kier molecular flexibility index (Phi) is 3.17. The standard InChI is InChI=1S/C13H17N3O2/c1-14-8-10-9-17-7-6-16(10)13-15-11-4-2-3-5-12(11)18-13/h2-5,10,14H,6-9H2,1H3. The lowest BCUT2D eigenvalue weighted by molar-refractivity contribution is 0.0916. The number of nitrogens with one attached hydrogen (secondary N) is 1. The number of benzene rings is 1. The molecule has 5 heteroatoms. The van der Waals surface area contributed by atoms with Crippen molar-refractivity contribution in [1.82, 2.24) is 10.3 Å². The van der Waals surface area contributed by atoms with Crippen molar-refractivity contribution >= 4 is 17.1 Å². The number of hydrogen-bond acceptors (Lipinski definition) is 5. The van der Waals surface area contributed by atoms with Crippen molar-refractivity contribution in [2.45, 2.75) is 6.04 Å². The van der Waals surface area contributed by atoms with Gasteiger partial charge in [0.25, 0.3) is 6.01 Å². The number of hydrogen-bond donors (Lipinski definition) is 1. The molecule has 1 atom stereocenters. The molecule has 0 saturated carbocycles. The predicted molar refractivity (Wildman–Crippen MR) is 69.9 cm³/mol. The largest absolute Gasteiger partial charge is 0.423 e. The lowest BCUT2D eigenvalue weighted by Crippen LogP contribution is -2.50. The molecule has 1 aromatic heterocycles. The highest BCUT2D eigenvalue weighted by Crippen LogP contribution is 2.24. The topological polar surface area (TPSA) is 50.5 Å². The summed E-state index contributed by atoms with van der Waals surface area (Å²) in [5.74, 6) is 0. The first kappa shape index (κ1) is 11.5. The zero-order chi connectivity index (χ0) is 12.4. The average Bonchev–Trinajstić information content (AvgIpc) is 2.83. The Morgan fingerprint density at radius 1 is 1.44 bits per heavy atom. The second kappa shape index (κ2) is 4.96. The first-order valence-corrected chi connectivity index (χ1v) is 6.23. The minimum Gasteiger partial charge on any atom is -0.423 e. The Hall–Kier alpha value is -1.59. The first-order chi connectivity index (χ1) is 8.88. The summed E-state index contributed by atoms with van der Waals surface area (Å²) < 4.78 is 11.3. The van der Waals surface area contributed by atoms with Crippen molar-refractivity contribution in [3.05, 3.63) is 24.3 Å². The maximum absolute atomic E-state index is 5.82. The van der Waals surface area contributed by atoms with Crippen molar-refractivity contribution in [2.75, 3.05) is 38.3 Å². The smallest absolute Gasteiger partial charge is 0.298 e. The highest BCUT2D eigenvalue weighted by Gasteiger charge is 2.26. The fraction of sp³-hybridized carbons (Fsp3) is 0.462. The van der Waals surface area contributed by atoms with Crippen LogP contribution in [0.2, 0.25) is 0 Å². The molecule has 1 fully saturated rings. The highest BCUT2D eigenvalue weighted by molar-refractivity contribution is 5.74. The number of likely N-dealkylation sites (N-methyl/N-ethyl adjacent to an activating group) is 1. The number of nitrogens with zero attached hydrogens (tertiary/aromatic N) is 2. The highest BCUT2D eigenvalue weighted by atomic mass is 16.5. The number of oxazole rings is 1. The van der Waals surface area contributed by atoms with E-state index in [0.717, 1.165) is 30.8 Å². The number of para-hydroxylation sites is 2. The van der Waals surface area contributed by atoms with Crippen LogP contribution in [0.5, 0.6) is 0 Å². The minimum absolute atomic E-state index is 0.275. The summed E-state index contributed by atoms with van der Waals surface area (Å²) in [6.45, 7) is 3.11. The van der Waals surface area contributed by atoms with Crippen LogP contribution in [-0.4, -0.2) is 44.4 Å². The van der Waals surface area contributed by atoms with Crippen LogP contribution in [0, 0.1) is 0 Å². The summed E-state index contributed by atoms with van der Waals surface area (Å²) in [5.41, 5.74) is 1.74. The summed E-state index contributed by atoms with van der Waals surface area (Å²) >= 11 is 0. The zero-order valence-electron chi connectivity index (χ0n) is 10.4. The average molecular weight is 247 g/mol. The number of fused-ring (bicyclic) bond motifs is 1. The van der Waals surface area contributed by atoms with Crippen LogP contribution >= 0.6 is 0 Å². The molecule has 96 valence electrons. The van der Waals surface area contributed by atoms with Crippen molar-refractivity contribution in [3.63, 3.8) is 0 Å². The van der Waals surface area contributed by atoms with Crippen molar-refractivity contribution in [2.24, 2.45) is 0 Å². The summed E-state index contributed by atoms with van der Waals surface area (Å²) in [4.78, 5) is 6.73. The number of ether oxygens (including phenoxy) is 1. The number of rotatable bonds is 3. The van der Waals surface area contributed by atoms with E-state index in [9.17, 15) is 0 Å². The van der Waals surface area contributed by atoms with E-state index in [1.54, 1.807) is 0 Å². The molecule has 1 N–H and O–H groups in total. The monoisotopic (exact) mass is 247 g/mol. The van der Waals surface area contributed by atoms with Crippen molar-refractivity contribution in [1.29, 1.82) is 0 Å². The van der Waals surface area contributed by atoms with E-state index in [-0.39, 0.29) is 6.04 Å². The van der Waals surface area contributed by atoms with Gasteiger partial charge < -0.3 is 19.4 Å². The van der Waals surface area contributed by atoms with Crippen LogP contribution < -0.4 is 10.2 Å². The molecule has 1 aliphatic heterocycles. The van der Waals surface area contributed by atoms with Gasteiger partial charge in [0.15, 0.2) is 5.58 Å². The van der Waals surface area contributed by atoms with Gasteiger partial charge in [-0.25, -0.2) is 0 Å². The van der Waals surface area contributed by atoms with Gasteiger partial charge in [-0.1, -0.05) is 12.1 Å². The molecular weight excluding hydrogens is 230 g/mol. The van der Waals surface area contributed by atoms with Gasteiger partial charge >= 0.3 is 0 Å². The van der Waals surface area contributed by atoms with E-state index in [0.29, 0.717) is 12.6 Å². The third-order valence-electron chi connectivity index (χ3n) is 3.20. The molecule has 18 heavy (non-hydrogen) atoms. The molecular formula is C13H17N3O2. The Labute approximate surface area is 106 Å². The molecule has 1 aromatic carbocycles. The summed E-state index contributed by atoms with van der Waals surface area (Å²) in [6, 6.07) is 8.81. The molecule has 3 rings (SSSR count). The van der Waals surface area contributed by atoms with Crippen molar-refractivity contribution in [3.8, 4) is 0 Å². The quantitative estimate of drug-likeness (QED) is 0.884. The van der Waals surface area contributed by atoms with Crippen LogP contribution in [0.15, 0.2) is 28.7 Å². The number of anilines is 1. The summed E-state index contributed by atoms with van der Waals surface area (Å²) in [6.07, 6.45) is 0. The SMILES string of the molecule is CNCC1COCCN1c1nc2ccccc2o1. The molecule has 0 amide bonds. The molecule has 0 bridgehead atoms. The Morgan fingerprint density at radius 2 is 2.33 bits per heavy atom. The van der Waals surface area contributed by atoms with Gasteiger partial charge in [-0.15, -0.1) is 0 Å². The lowest BCUT2D eigenvalue weighted by atomic mass is 10.2. The minimum atomic E-state index is 0.275. The molecule has 0 spiro atoms. The molecule has 0 aliphatic carbocycles. The van der Waals surface area contributed by atoms with Crippen molar-refractivity contribution < 1.29 is 9.15 Å². The van der Waals surface area contributed by atoms with Gasteiger partial charge in [0.1, 0.15) is 5.52 Å². The van der Waals surface area contributed by atoms with Gasteiger partial charge in [-0.05, 0) is 19.2 Å². The fourth-order valence-electron chi connectivity index (χ4n) is 2.29. The summed E-state index contributed by atoms with van der Waals surface area (Å²) in [7, 11) is 1.94. The predicted octanol–water partition coefficient (Wildman–Crippen LogP) is 1.25. The maximum Gasteiger partial charge on any atom is 0.298 e. The van der Waals surface area contributed by atoms with Gasteiger partial charge in [-0.3, -0.25) is 0 Å². The number of aromatic nitrogens is 1. The second-order valence-electron chi connectivity index (χ2n) is 4.44. The van der Waals surface area contributed by atoms with E-state index in [4.69, 9.17) is 9.15 Å². The molecule has 2 aromatic rings. The van der Waals surface area contributed by atoms with E-state index >= 15 is 0 Å². The third-order valence-corrected chi connectivity index (χ3v) is 3.20. The van der Waals surface area contributed by atoms with Gasteiger partial charge in [0, 0.05) is 13.1 Å². The Bertz CT molecular complexity index is 491. The van der Waals surface area contributed by atoms with Crippen LogP contribution in [0.3, 0.4) is 0 Å². The Balaban J connectivity index is 1.91. The summed E-state index contributed by atoms with van der Waals surface area (Å²) in [5, 5.41) is 3.18. The van der Waals surface area contributed by atoms with E-state index in [2.05, 4.69) is 15.2 Å². The van der Waals surface area contributed by atoms with Crippen LogP contribution in [0.1, 0.15) is 0 Å². The molecule has 1 unspecified atom stereocenters. The molecule has 1 aliphatic rings. The molecule has 1 saturated heterocycles. The maximum atomic E-state index is 5.82. The lowest BCUT2D eigenvalue weighted by Gasteiger charge is -2.34. The molecule has 2 heterocycles. The first-order valence-electron chi connectivity index (χ1n) is 6.23. The van der Waals surface area contributed by atoms with E-state index in [1.165, 1.54) is 0 Å². The molecule has 0 radical (unpaired) electrons. The van der Waals surface area contributed by atoms with Gasteiger partial charge in [-0.2, -0.15) is 4.98 Å². The normalized spacial score (nSPS) is 20.5. The van der Waals surface area contributed by atoms with Crippen LogP contribution in [0.4, 0.5) is 6.01 Å². The molecule has 5 nitrogen and oxygen atoms in total.